The molecule has 7 heteroatoms. The molecule has 1 amide bonds. The first kappa shape index (κ1) is 20.7. The van der Waals surface area contributed by atoms with Crippen molar-refractivity contribution in [3.63, 3.8) is 0 Å². The van der Waals surface area contributed by atoms with Crippen LogP contribution >= 0.6 is 11.3 Å². The van der Waals surface area contributed by atoms with Crippen LogP contribution in [0.3, 0.4) is 0 Å². The van der Waals surface area contributed by atoms with Gasteiger partial charge in [0.05, 0.1) is 5.69 Å². The summed E-state index contributed by atoms with van der Waals surface area (Å²) >= 11 is 1.38. The summed E-state index contributed by atoms with van der Waals surface area (Å²) in [6.45, 7) is 6.31. The van der Waals surface area contributed by atoms with E-state index in [1.165, 1.54) is 16.9 Å². The third-order valence-corrected chi connectivity index (χ3v) is 5.95. The number of benzene rings is 1. The van der Waals surface area contributed by atoms with Gasteiger partial charge in [0.25, 0.3) is 5.91 Å². The van der Waals surface area contributed by atoms with E-state index in [1.807, 2.05) is 19.1 Å². The van der Waals surface area contributed by atoms with Crippen LogP contribution in [0.15, 0.2) is 61.1 Å². The Morgan fingerprint density at radius 2 is 1.87 bits per heavy atom. The first-order valence-electron chi connectivity index (χ1n) is 9.84. The Hall–Kier alpha value is -3.58. The van der Waals surface area contributed by atoms with Crippen LogP contribution in [0.2, 0.25) is 0 Å². The highest BCUT2D eigenvalue weighted by molar-refractivity contribution is 7.17. The van der Waals surface area contributed by atoms with E-state index in [9.17, 15) is 4.79 Å². The van der Waals surface area contributed by atoms with Gasteiger partial charge in [0.15, 0.2) is 11.6 Å². The Morgan fingerprint density at radius 1 is 1.06 bits per heavy atom. The second-order valence-electron chi connectivity index (χ2n) is 7.20. The summed E-state index contributed by atoms with van der Waals surface area (Å²) in [7, 11) is 0. The first-order chi connectivity index (χ1) is 15.0. The number of aromatic nitrogens is 3. The summed E-state index contributed by atoms with van der Waals surface area (Å²) < 4.78 is 5.87. The molecule has 1 aromatic carbocycles. The van der Waals surface area contributed by atoms with Crippen LogP contribution in [0, 0.1) is 20.8 Å². The van der Waals surface area contributed by atoms with Crippen LogP contribution in [0.4, 0.5) is 5.82 Å². The van der Waals surface area contributed by atoms with Gasteiger partial charge in [0.1, 0.15) is 16.5 Å². The number of hydrogen-bond acceptors (Lipinski definition) is 6. The number of amides is 1. The standard InChI is InChI=1S/C24H22N4O2S/c1-15-6-7-19(16(2)13-15)24-27-17(3)21(31-24)23(29)28-22-20(5-4-10-26-22)30-14-18-8-11-25-12-9-18/h4-13H,14H2,1-3H3,(H,26,28,29). The van der Waals surface area contributed by atoms with Gasteiger partial charge >= 0.3 is 0 Å². The molecule has 0 aliphatic heterocycles. The minimum absolute atomic E-state index is 0.251. The molecular weight excluding hydrogens is 408 g/mol. The number of carbonyl (C=O) groups excluding carboxylic acids is 1. The molecule has 0 saturated heterocycles. The topological polar surface area (TPSA) is 77.0 Å². The Bertz CT molecular complexity index is 1220. The average molecular weight is 431 g/mol. The molecule has 3 aromatic heterocycles. The number of nitrogens with one attached hydrogen (secondary N) is 1. The van der Waals surface area contributed by atoms with E-state index < -0.39 is 0 Å². The number of pyridine rings is 2. The summed E-state index contributed by atoms with van der Waals surface area (Å²) in [5.74, 6) is 0.630. The van der Waals surface area contributed by atoms with E-state index in [4.69, 9.17) is 4.74 Å². The number of ether oxygens (including phenoxy) is 1. The third-order valence-electron chi connectivity index (χ3n) is 4.76. The maximum absolute atomic E-state index is 13.0. The molecule has 6 nitrogen and oxygen atoms in total. The minimum atomic E-state index is -0.251. The molecule has 0 radical (unpaired) electrons. The largest absolute Gasteiger partial charge is 0.485 e. The number of thiazole rings is 1. The molecule has 0 aliphatic carbocycles. The van der Waals surface area contributed by atoms with Crippen LogP contribution in [-0.2, 0) is 6.61 Å². The summed E-state index contributed by atoms with van der Waals surface area (Å²) in [4.78, 5) is 26.5. The van der Waals surface area contributed by atoms with E-state index in [0.29, 0.717) is 28.7 Å². The van der Waals surface area contributed by atoms with Gasteiger partial charge in [-0.05, 0) is 56.2 Å². The number of carbonyl (C=O) groups is 1. The first-order valence-corrected chi connectivity index (χ1v) is 10.7. The molecule has 0 aliphatic rings. The van der Waals surface area contributed by atoms with E-state index >= 15 is 0 Å². The lowest BCUT2D eigenvalue weighted by atomic mass is 10.1. The zero-order chi connectivity index (χ0) is 21.8. The molecule has 0 fully saturated rings. The average Bonchev–Trinajstić information content (AvgIpc) is 3.15. The third kappa shape index (κ3) is 4.78. The Balaban J connectivity index is 1.53. The monoisotopic (exact) mass is 430 g/mol. The highest BCUT2D eigenvalue weighted by Crippen LogP contribution is 2.32. The number of rotatable bonds is 6. The maximum atomic E-state index is 13.0. The molecule has 1 N–H and O–H groups in total. The zero-order valence-corrected chi connectivity index (χ0v) is 18.4. The van der Waals surface area contributed by atoms with Gasteiger partial charge in [-0.1, -0.05) is 23.8 Å². The zero-order valence-electron chi connectivity index (χ0n) is 17.5. The lowest BCUT2D eigenvalue weighted by Crippen LogP contribution is -2.13. The van der Waals surface area contributed by atoms with Crippen molar-refractivity contribution in [1.29, 1.82) is 0 Å². The normalized spacial score (nSPS) is 10.7. The molecule has 4 rings (SSSR count). The Kier molecular flexibility index (Phi) is 6.04. The second-order valence-corrected chi connectivity index (χ2v) is 8.20. The lowest BCUT2D eigenvalue weighted by Gasteiger charge is -2.11. The highest BCUT2D eigenvalue weighted by Gasteiger charge is 2.19. The van der Waals surface area contributed by atoms with Gasteiger partial charge < -0.3 is 10.1 Å². The number of aryl methyl sites for hydroxylation is 3. The van der Waals surface area contributed by atoms with Gasteiger partial charge in [0.2, 0.25) is 0 Å². The van der Waals surface area contributed by atoms with Gasteiger partial charge in [-0.3, -0.25) is 9.78 Å². The summed E-state index contributed by atoms with van der Waals surface area (Å²) in [5, 5.41) is 3.70. The molecule has 0 unspecified atom stereocenters. The fourth-order valence-electron chi connectivity index (χ4n) is 3.18. The smallest absolute Gasteiger partial charge is 0.268 e. The van der Waals surface area contributed by atoms with Crippen molar-refractivity contribution in [1.82, 2.24) is 15.0 Å². The van der Waals surface area contributed by atoms with E-state index in [0.717, 1.165) is 21.7 Å². The summed E-state index contributed by atoms with van der Waals surface area (Å²) in [6.07, 6.45) is 5.05. The van der Waals surface area contributed by atoms with Gasteiger partial charge in [-0.2, -0.15) is 0 Å². The summed E-state index contributed by atoms with van der Waals surface area (Å²) in [6, 6.07) is 13.5. The predicted octanol–water partition coefficient (Wildman–Crippen LogP) is 5.36. The molecular formula is C24H22N4O2S. The predicted molar refractivity (Wildman–Crippen MR) is 123 cm³/mol. The lowest BCUT2D eigenvalue weighted by molar-refractivity contribution is 0.102. The van der Waals surface area contributed by atoms with E-state index in [1.54, 1.807) is 30.7 Å². The molecule has 0 saturated carbocycles. The van der Waals surface area contributed by atoms with Crippen molar-refractivity contribution < 1.29 is 9.53 Å². The molecule has 0 spiro atoms. The quantitative estimate of drug-likeness (QED) is 0.446. The van der Waals surface area contributed by atoms with Crippen LogP contribution in [0.1, 0.15) is 32.1 Å². The van der Waals surface area contributed by atoms with Crippen molar-refractivity contribution in [3.05, 3.63) is 88.3 Å². The summed E-state index contributed by atoms with van der Waals surface area (Å²) in [5.41, 5.74) is 5.04. The molecule has 0 bridgehead atoms. The van der Waals surface area contributed by atoms with Crippen molar-refractivity contribution in [2.75, 3.05) is 5.32 Å². The SMILES string of the molecule is Cc1ccc(-c2nc(C)c(C(=O)Nc3ncccc3OCc3ccncc3)s2)c(C)c1. The molecule has 3 heterocycles. The van der Waals surface area contributed by atoms with Crippen molar-refractivity contribution in [2.24, 2.45) is 0 Å². The van der Waals surface area contributed by atoms with Crippen LogP contribution in [0.25, 0.3) is 10.6 Å². The Labute approximate surface area is 185 Å². The molecule has 4 aromatic rings. The number of nitrogens with zero attached hydrogens (tertiary/aromatic N) is 3. The fraction of sp³-hybridized carbons (Fsp3) is 0.167. The van der Waals surface area contributed by atoms with E-state index in [2.05, 4.69) is 52.3 Å². The second kappa shape index (κ2) is 9.06. The van der Waals surface area contributed by atoms with Crippen LogP contribution in [-0.4, -0.2) is 20.9 Å². The van der Waals surface area contributed by atoms with Crippen LogP contribution < -0.4 is 10.1 Å². The minimum Gasteiger partial charge on any atom is -0.485 e. The van der Waals surface area contributed by atoms with Crippen LogP contribution in [0.5, 0.6) is 5.75 Å². The molecule has 156 valence electrons. The van der Waals surface area contributed by atoms with E-state index in [-0.39, 0.29) is 5.91 Å². The van der Waals surface area contributed by atoms with Crippen molar-refractivity contribution in [3.8, 4) is 16.3 Å². The number of anilines is 1. The number of hydrogen-bond donors (Lipinski definition) is 1. The maximum Gasteiger partial charge on any atom is 0.268 e. The van der Waals surface area contributed by atoms with Gasteiger partial charge in [-0.25, -0.2) is 9.97 Å². The fourth-order valence-corrected chi connectivity index (χ4v) is 4.23. The van der Waals surface area contributed by atoms with Crippen molar-refractivity contribution in [2.45, 2.75) is 27.4 Å². The van der Waals surface area contributed by atoms with Gasteiger partial charge in [-0.15, -0.1) is 11.3 Å². The molecule has 31 heavy (non-hydrogen) atoms. The Morgan fingerprint density at radius 3 is 2.65 bits per heavy atom. The highest BCUT2D eigenvalue weighted by atomic mass is 32.1. The van der Waals surface area contributed by atoms with Gasteiger partial charge in [0, 0.05) is 24.2 Å². The van der Waals surface area contributed by atoms with Crippen molar-refractivity contribution >= 4 is 23.1 Å². The molecule has 0 atom stereocenters.